The summed E-state index contributed by atoms with van der Waals surface area (Å²) in [5.74, 6) is -0.00325. The van der Waals surface area contributed by atoms with Crippen molar-refractivity contribution in [2.45, 2.75) is 49.6 Å². The molecular weight excluding hydrogens is 406 g/mol. The normalized spacial score (nSPS) is 14.3. The number of carbonyl (C=O) groups is 2. The number of carbonyl (C=O) groups excluding carboxylic acids is 2. The van der Waals surface area contributed by atoms with E-state index in [0.29, 0.717) is 23.7 Å². The van der Waals surface area contributed by atoms with Crippen molar-refractivity contribution in [2.75, 3.05) is 6.54 Å². The highest BCUT2D eigenvalue weighted by Gasteiger charge is 2.26. The van der Waals surface area contributed by atoms with Crippen molar-refractivity contribution in [1.29, 1.82) is 0 Å². The van der Waals surface area contributed by atoms with Gasteiger partial charge in [0.25, 0.3) is 5.91 Å². The molecule has 1 saturated carbocycles. The highest BCUT2D eigenvalue weighted by atomic mass is 32.2. The van der Waals surface area contributed by atoms with Gasteiger partial charge in [-0.25, -0.2) is 4.98 Å². The standard InChI is InChI=1S/C25H27N3O2S/c1-3-28(16-18-9-5-4-6-10-18)25(30)17(2)31-23-15-21(24(29)26-19-13-14-19)20-11-7-8-12-22(20)27-23/h4-12,15,17,19H,3,13-14,16H2,1-2H3,(H,26,29). The quantitative estimate of drug-likeness (QED) is 0.525. The molecule has 1 aromatic heterocycles. The maximum Gasteiger partial charge on any atom is 0.252 e. The molecule has 1 heterocycles. The molecule has 1 N–H and O–H groups in total. The molecule has 0 aliphatic heterocycles. The van der Waals surface area contributed by atoms with Crippen LogP contribution < -0.4 is 5.32 Å². The molecule has 2 aromatic carbocycles. The van der Waals surface area contributed by atoms with E-state index in [-0.39, 0.29) is 23.1 Å². The molecule has 0 spiro atoms. The summed E-state index contributed by atoms with van der Waals surface area (Å²) < 4.78 is 0. The van der Waals surface area contributed by atoms with Gasteiger partial charge in [0.2, 0.25) is 5.91 Å². The topological polar surface area (TPSA) is 62.3 Å². The number of rotatable bonds is 8. The van der Waals surface area contributed by atoms with Crippen LogP contribution in [0.1, 0.15) is 42.6 Å². The highest BCUT2D eigenvalue weighted by molar-refractivity contribution is 8.00. The molecule has 1 aliphatic carbocycles. The highest BCUT2D eigenvalue weighted by Crippen LogP contribution is 2.29. The van der Waals surface area contributed by atoms with Crippen LogP contribution in [-0.2, 0) is 11.3 Å². The van der Waals surface area contributed by atoms with Crippen molar-refractivity contribution in [2.24, 2.45) is 0 Å². The van der Waals surface area contributed by atoms with E-state index in [1.54, 1.807) is 0 Å². The zero-order valence-corrected chi connectivity index (χ0v) is 18.7. The van der Waals surface area contributed by atoms with Crippen LogP contribution in [0.25, 0.3) is 10.9 Å². The molecule has 1 unspecified atom stereocenters. The number of hydrogen-bond acceptors (Lipinski definition) is 4. The van der Waals surface area contributed by atoms with Crippen LogP contribution in [-0.4, -0.2) is 39.5 Å². The molecule has 1 fully saturated rings. The second-order valence-corrected chi connectivity index (χ2v) is 9.23. The minimum absolute atomic E-state index is 0.0651. The minimum atomic E-state index is -0.309. The fourth-order valence-electron chi connectivity index (χ4n) is 3.53. The molecule has 1 aliphatic rings. The van der Waals surface area contributed by atoms with Gasteiger partial charge in [0.15, 0.2) is 0 Å². The van der Waals surface area contributed by atoms with Crippen LogP contribution >= 0.6 is 11.8 Å². The first kappa shape index (κ1) is 21.4. The fraction of sp³-hybridized carbons (Fsp3) is 0.320. The summed E-state index contributed by atoms with van der Waals surface area (Å²) in [6.45, 7) is 5.12. The second kappa shape index (κ2) is 9.52. The fourth-order valence-corrected chi connectivity index (χ4v) is 4.48. The lowest BCUT2D eigenvalue weighted by Gasteiger charge is -2.24. The van der Waals surface area contributed by atoms with Crippen LogP contribution in [0.4, 0.5) is 0 Å². The number of nitrogens with zero attached hydrogens (tertiary/aromatic N) is 2. The number of thioether (sulfide) groups is 1. The van der Waals surface area contributed by atoms with E-state index < -0.39 is 0 Å². The molecule has 3 aromatic rings. The van der Waals surface area contributed by atoms with E-state index in [9.17, 15) is 9.59 Å². The molecule has 6 heteroatoms. The van der Waals surface area contributed by atoms with E-state index in [1.807, 2.05) is 79.4 Å². The number of hydrogen-bond donors (Lipinski definition) is 1. The number of para-hydroxylation sites is 1. The number of fused-ring (bicyclic) bond motifs is 1. The first-order chi connectivity index (χ1) is 15.0. The van der Waals surface area contributed by atoms with Crippen LogP contribution in [0.3, 0.4) is 0 Å². The Kier molecular flexibility index (Phi) is 6.56. The van der Waals surface area contributed by atoms with Gasteiger partial charge in [0, 0.05) is 24.5 Å². The third-order valence-corrected chi connectivity index (χ3v) is 6.41. The Labute approximate surface area is 187 Å². The van der Waals surface area contributed by atoms with Crippen molar-refractivity contribution in [3.8, 4) is 0 Å². The minimum Gasteiger partial charge on any atom is -0.349 e. The van der Waals surface area contributed by atoms with Gasteiger partial charge in [-0.05, 0) is 44.4 Å². The lowest BCUT2D eigenvalue weighted by Crippen LogP contribution is -2.36. The summed E-state index contributed by atoms with van der Waals surface area (Å²) in [6.07, 6.45) is 2.08. The summed E-state index contributed by atoms with van der Waals surface area (Å²) in [5, 5.41) is 4.29. The van der Waals surface area contributed by atoms with E-state index in [1.165, 1.54) is 11.8 Å². The number of amides is 2. The lowest BCUT2D eigenvalue weighted by atomic mass is 10.1. The molecule has 4 rings (SSSR count). The van der Waals surface area contributed by atoms with Crippen LogP contribution in [0.5, 0.6) is 0 Å². The number of nitrogens with one attached hydrogen (secondary N) is 1. The number of benzene rings is 2. The lowest BCUT2D eigenvalue weighted by molar-refractivity contribution is -0.130. The first-order valence-electron chi connectivity index (χ1n) is 10.7. The zero-order chi connectivity index (χ0) is 21.8. The summed E-state index contributed by atoms with van der Waals surface area (Å²) in [6, 6.07) is 19.8. The SMILES string of the molecule is CCN(Cc1ccccc1)C(=O)C(C)Sc1cc(C(=O)NC2CC2)c2ccccc2n1. The first-order valence-corrected chi connectivity index (χ1v) is 11.6. The molecular formula is C25H27N3O2S. The maximum atomic E-state index is 13.1. The maximum absolute atomic E-state index is 13.1. The van der Waals surface area contributed by atoms with Gasteiger partial charge < -0.3 is 10.2 Å². The smallest absolute Gasteiger partial charge is 0.252 e. The molecule has 0 radical (unpaired) electrons. The molecule has 2 amide bonds. The monoisotopic (exact) mass is 433 g/mol. The predicted octanol–water partition coefficient (Wildman–Crippen LogP) is 4.66. The van der Waals surface area contributed by atoms with E-state index in [0.717, 1.165) is 29.3 Å². The number of pyridine rings is 1. The summed E-state index contributed by atoms with van der Waals surface area (Å²) >= 11 is 1.40. The average molecular weight is 434 g/mol. The molecule has 31 heavy (non-hydrogen) atoms. The van der Waals surface area contributed by atoms with E-state index >= 15 is 0 Å². The van der Waals surface area contributed by atoms with Crippen molar-refractivity contribution >= 4 is 34.5 Å². The zero-order valence-electron chi connectivity index (χ0n) is 17.9. The van der Waals surface area contributed by atoms with Crippen molar-refractivity contribution in [3.05, 3.63) is 71.8 Å². The van der Waals surface area contributed by atoms with E-state index in [4.69, 9.17) is 4.98 Å². The Morgan fingerprint density at radius 2 is 1.84 bits per heavy atom. The van der Waals surface area contributed by atoms with Gasteiger partial charge >= 0.3 is 0 Å². The summed E-state index contributed by atoms with van der Waals surface area (Å²) in [7, 11) is 0. The Balaban J connectivity index is 1.54. The van der Waals surface area contributed by atoms with Gasteiger partial charge in [-0.3, -0.25) is 9.59 Å². The van der Waals surface area contributed by atoms with Gasteiger partial charge in [-0.2, -0.15) is 0 Å². The van der Waals surface area contributed by atoms with Crippen LogP contribution in [0.15, 0.2) is 65.7 Å². The Morgan fingerprint density at radius 1 is 1.13 bits per heavy atom. The second-order valence-electron chi connectivity index (χ2n) is 7.87. The molecule has 0 saturated heterocycles. The van der Waals surface area contributed by atoms with Crippen molar-refractivity contribution < 1.29 is 9.59 Å². The van der Waals surface area contributed by atoms with E-state index in [2.05, 4.69) is 5.32 Å². The largest absolute Gasteiger partial charge is 0.349 e. The van der Waals surface area contributed by atoms with Gasteiger partial charge in [0.1, 0.15) is 0 Å². The van der Waals surface area contributed by atoms with Crippen LogP contribution in [0, 0.1) is 0 Å². The van der Waals surface area contributed by atoms with Crippen LogP contribution in [0.2, 0.25) is 0 Å². The number of aromatic nitrogens is 1. The third kappa shape index (κ3) is 5.25. The molecule has 5 nitrogen and oxygen atoms in total. The predicted molar refractivity (Wildman–Crippen MR) is 125 cm³/mol. The van der Waals surface area contributed by atoms with Gasteiger partial charge in [-0.15, -0.1) is 0 Å². The Bertz CT molecular complexity index is 1080. The Hall–Kier alpha value is -2.86. The Morgan fingerprint density at radius 3 is 2.55 bits per heavy atom. The molecule has 0 bridgehead atoms. The third-order valence-electron chi connectivity index (χ3n) is 5.40. The molecule has 1 atom stereocenters. The van der Waals surface area contributed by atoms with Crippen molar-refractivity contribution in [3.63, 3.8) is 0 Å². The molecule has 160 valence electrons. The van der Waals surface area contributed by atoms with Gasteiger partial charge in [0.05, 0.1) is 21.4 Å². The summed E-state index contributed by atoms with van der Waals surface area (Å²) in [4.78, 5) is 32.5. The average Bonchev–Trinajstić information content (AvgIpc) is 3.61. The summed E-state index contributed by atoms with van der Waals surface area (Å²) in [5.41, 5.74) is 2.50. The van der Waals surface area contributed by atoms with Crippen molar-refractivity contribution in [1.82, 2.24) is 15.2 Å². The van der Waals surface area contributed by atoms with Gasteiger partial charge in [-0.1, -0.05) is 60.3 Å².